The lowest BCUT2D eigenvalue weighted by Gasteiger charge is -2.15. The van der Waals surface area contributed by atoms with Crippen molar-refractivity contribution in [2.45, 2.75) is 13.5 Å². The van der Waals surface area contributed by atoms with Gasteiger partial charge in [0.15, 0.2) is 17.2 Å². The molecule has 1 aliphatic heterocycles. The number of carbonyl (C=O) groups excluding carboxylic acids is 1. The van der Waals surface area contributed by atoms with Crippen molar-refractivity contribution in [3.05, 3.63) is 108 Å². The third-order valence-corrected chi connectivity index (χ3v) is 5.70. The van der Waals surface area contributed by atoms with Crippen LogP contribution in [0.3, 0.4) is 0 Å². The summed E-state index contributed by atoms with van der Waals surface area (Å²) in [4.78, 5) is 37.3. The Morgan fingerprint density at radius 2 is 1.59 bits per heavy atom. The second-order valence-electron chi connectivity index (χ2n) is 7.62. The van der Waals surface area contributed by atoms with E-state index in [-0.39, 0.29) is 29.6 Å². The zero-order valence-corrected chi connectivity index (χ0v) is 20.8. The SMILES string of the molecule is CCOc1cc(/C=C2\N=C(c3ccc([N+](=O)[O-])cc3)OC2=O)cc(Br)c1OCc1ccc([N+](=O)[O-])cc1. The number of esters is 1. The number of rotatable bonds is 9. The molecular weight excluding hydrogens is 550 g/mol. The summed E-state index contributed by atoms with van der Waals surface area (Å²) in [5.41, 5.74) is 1.68. The summed E-state index contributed by atoms with van der Waals surface area (Å²) in [7, 11) is 0. The zero-order chi connectivity index (χ0) is 26.5. The largest absolute Gasteiger partial charge is 0.490 e. The molecule has 0 saturated carbocycles. The molecule has 0 aromatic heterocycles. The zero-order valence-electron chi connectivity index (χ0n) is 19.3. The minimum Gasteiger partial charge on any atom is -0.490 e. The van der Waals surface area contributed by atoms with Crippen LogP contribution in [0.5, 0.6) is 11.5 Å². The molecule has 0 atom stereocenters. The molecule has 0 unspecified atom stereocenters. The maximum Gasteiger partial charge on any atom is 0.363 e. The number of ether oxygens (including phenoxy) is 3. The fraction of sp³-hybridized carbons (Fsp3) is 0.120. The number of halogens is 1. The second kappa shape index (κ2) is 11.0. The van der Waals surface area contributed by atoms with Gasteiger partial charge in [0.1, 0.15) is 6.61 Å². The van der Waals surface area contributed by atoms with Gasteiger partial charge in [0.2, 0.25) is 5.90 Å². The van der Waals surface area contributed by atoms with Crippen LogP contribution < -0.4 is 9.47 Å². The highest BCUT2D eigenvalue weighted by Gasteiger charge is 2.25. The van der Waals surface area contributed by atoms with E-state index < -0.39 is 15.8 Å². The smallest absolute Gasteiger partial charge is 0.363 e. The van der Waals surface area contributed by atoms with Crippen LogP contribution in [0.15, 0.2) is 75.8 Å². The normalized spacial score (nSPS) is 13.7. The summed E-state index contributed by atoms with van der Waals surface area (Å²) < 4.78 is 17.4. The molecule has 0 spiro atoms. The standard InChI is InChI=1S/C25H18BrN3O8/c1-2-35-22-13-16(11-20(26)23(22)36-14-15-3-7-18(8-4-15)28(31)32)12-21-25(30)37-24(27-21)17-5-9-19(10-6-17)29(33)34/h3-13H,2,14H2,1H3/b21-12-. The molecule has 188 valence electrons. The van der Waals surface area contributed by atoms with Crippen molar-refractivity contribution < 1.29 is 28.9 Å². The van der Waals surface area contributed by atoms with Gasteiger partial charge in [-0.25, -0.2) is 9.79 Å². The van der Waals surface area contributed by atoms with E-state index in [0.717, 1.165) is 5.56 Å². The summed E-state index contributed by atoms with van der Waals surface area (Å²) in [5.74, 6) is 0.210. The summed E-state index contributed by atoms with van der Waals surface area (Å²) in [6.07, 6.45) is 1.52. The highest BCUT2D eigenvalue weighted by atomic mass is 79.9. The van der Waals surface area contributed by atoms with E-state index in [0.29, 0.717) is 33.7 Å². The van der Waals surface area contributed by atoms with E-state index in [1.807, 2.05) is 6.92 Å². The lowest BCUT2D eigenvalue weighted by atomic mass is 10.1. The van der Waals surface area contributed by atoms with Crippen molar-refractivity contribution in [1.82, 2.24) is 0 Å². The molecule has 11 nitrogen and oxygen atoms in total. The molecule has 37 heavy (non-hydrogen) atoms. The van der Waals surface area contributed by atoms with Gasteiger partial charge in [0.25, 0.3) is 11.4 Å². The van der Waals surface area contributed by atoms with Gasteiger partial charge in [-0.05, 0) is 76.5 Å². The van der Waals surface area contributed by atoms with Crippen molar-refractivity contribution in [3.8, 4) is 11.5 Å². The summed E-state index contributed by atoms with van der Waals surface area (Å²) in [6.45, 7) is 2.31. The van der Waals surface area contributed by atoms with E-state index in [1.54, 1.807) is 24.3 Å². The predicted octanol–water partition coefficient (Wildman–Crippen LogP) is 5.59. The Kier molecular flexibility index (Phi) is 7.58. The number of carbonyl (C=O) groups is 1. The first-order valence-corrected chi connectivity index (χ1v) is 11.6. The van der Waals surface area contributed by atoms with E-state index in [4.69, 9.17) is 14.2 Å². The third kappa shape index (κ3) is 5.98. The number of nitro groups is 2. The van der Waals surface area contributed by atoms with Gasteiger partial charge in [-0.2, -0.15) is 0 Å². The first-order chi connectivity index (χ1) is 17.7. The van der Waals surface area contributed by atoms with Crippen LogP contribution in [-0.2, 0) is 16.1 Å². The highest BCUT2D eigenvalue weighted by Crippen LogP contribution is 2.38. The van der Waals surface area contributed by atoms with Crippen LogP contribution in [0, 0.1) is 20.2 Å². The summed E-state index contributed by atoms with van der Waals surface area (Å²) in [6, 6.07) is 14.9. The lowest BCUT2D eigenvalue weighted by Crippen LogP contribution is -2.05. The maximum atomic E-state index is 12.4. The molecule has 3 aromatic carbocycles. The van der Waals surface area contributed by atoms with Crippen LogP contribution in [0.4, 0.5) is 11.4 Å². The molecule has 0 N–H and O–H groups in total. The molecule has 1 heterocycles. The average molecular weight is 568 g/mol. The second-order valence-corrected chi connectivity index (χ2v) is 8.47. The Hall–Kier alpha value is -4.58. The molecule has 0 radical (unpaired) electrons. The molecular formula is C25H18BrN3O8. The van der Waals surface area contributed by atoms with Crippen molar-refractivity contribution in [1.29, 1.82) is 0 Å². The Morgan fingerprint density at radius 3 is 2.19 bits per heavy atom. The Morgan fingerprint density at radius 1 is 0.973 bits per heavy atom. The van der Waals surface area contributed by atoms with Gasteiger partial charge in [-0.3, -0.25) is 20.2 Å². The molecule has 0 fully saturated rings. The Bertz CT molecular complexity index is 1430. The first kappa shape index (κ1) is 25.5. The fourth-order valence-electron chi connectivity index (χ4n) is 3.36. The topological polar surface area (TPSA) is 143 Å². The number of cyclic esters (lactones) is 1. The number of non-ortho nitro benzene ring substituents is 2. The van der Waals surface area contributed by atoms with E-state index >= 15 is 0 Å². The van der Waals surface area contributed by atoms with Crippen molar-refractivity contribution in [3.63, 3.8) is 0 Å². The van der Waals surface area contributed by atoms with Gasteiger partial charge >= 0.3 is 5.97 Å². The maximum absolute atomic E-state index is 12.4. The molecule has 0 bridgehead atoms. The lowest BCUT2D eigenvalue weighted by molar-refractivity contribution is -0.385. The Labute approximate surface area is 218 Å². The van der Waals surface area contributed by atoms with E-state index in [2.05, 4.69) is 20.9 Å². The first-order valence-electron chi connectivity index (χ1n) is 10.8. The number of nitrogens with zero attached hydrogens (tertiary/aromatic N) is 3. The molecule has 0 aliphatic carbocycles. The monoisotopic (exact) mass is 567 g/mol. The van der Waals surface area contributed by atoms with Crippen molar-refractivity contribution in [2.24, 2.45) is 4.99 Å². The van der Waals surface area contributed by atoms with Gasteiger partial charge < -0.3 is 14.2 Å². The Balaban J connectivity index is 1.57. The molecule has 0 amide bonds. The highest BCUT2D eigenvalue weighted by molar-refractivity contribution is 9.10. The van der Waals surface area contributed by atoms with Crippen LogP contribution in [0.1, 0.15) is 23.6 Å². The summed E-state index contributed by atoms with van der Waals surface area (Å²) >= 11 is 3.47. The van der Waals surface area contributed by atoms with Crippen LogP contribution in [-0.4, -0.2) is 28.3 Å². The minimum absolute atomic E-state index is 0.0119. The number of hydrogen-bond acceptors (Lipinski definition) is 9. The van der Waals surface area contributed by atoms with Crippen molar-refractivity contribution >= 4 is 45.2 Å². The third-order valence-electron chi connectivity index (χ3n) is 5.11. The van der Waals surface area contributed by atoms with E-state index in [9.17, 15) is 25.0 Å². The quantitative estimate of drug-likeness (QED) is 0.141. The van der Waals surface area contributed by atoms with Gasteiger partial charge in [-0.1, -0.05) is 0 Å². The number of nitro benzene ring substituents is 2. The molecule has 3 aromatic rings. The van der Waals surface area contributed by atoms with Gasteiger partial charge in [0, 0.05) is 29.8 Å². The van der Waals surface area contributed by atoms with Gasteiger partial charge in [0.05, 0.1) is 20.9 Å². The van der Waals surface area contributed by atoms with Crippen molar-refractivity contribution in [2.75, 3.05) is 6.61 Å². The fourth-order valence-corrected chi connectivity index (χ4v) is 3.93. The average Bonchev–Trinajstić information content (AvgIpc) is 3.24. The van der Waals surface area contributed by atoms with Crippen LogP contribution in [0.2, 0.25) is 0 Å². The number of hydrogen-bond donors (Lipinski definition) is 0. The number of aliphatic imine (C=N–C) groups is 1. The van der Waals surface area contributed by atoms with Gasteiger partial charge in [-0.15, -0.1) is 0 Å². The minimum atomic E-state index is -0.666. The van der Waals surface area contributed by atoms with E-state index in [1.165, 1.54) is 42.5 Å². The summed E-state index contributed by atoms with van der Waals surface area (Å²) in [5, 5.41) is 21.7. The van der Waals surface area contributed by atoms with Crippen LogP contribution >= 0.6 is 15.9 Å². The molecule has 12 heteroatoms. The molecule has 0 saturated heterocycles. The predicted molar refractivity (Wildman–Crippen MR) is 136 cm³/mol. The number of benzene rings is 3. The molecule has 4 rings (SSSR count). The molecule has 1 aliphatic rings. The van der Waals surface area contributed by atoms with Crippen LogP contribution in [0.25, 0.3) is 6.08 Å².